The summed E-state index contributed by atoms with van der Waals surface area (Å²) in [4.78, 5) is 35.6. The molecule has 40 heavy (non-hydrogen) atoms. The minimum absolute atomic E-state index is 0.132. The number of hydroxylamine groups is 2. The molecular weight excluding hydrogens is 504 g/mol. The van der Waals surface area contributed by atoms with E-state index in [1.165, 1.54) is 14.2 Å². The Labute approximate surface area is 235 Å². The van der Waals surface area contributed by atoms with Crippen LogP contribution in [0.15, 0.2) is 104 Å². The maximum atomic E-state index is 13.1. The standard InChI is InChI=1S/C32H36N4O4/c1-31(2,3)40-30(38)34-28(29(37)35(4)39-5)21-27-22-36(23-33-27)32(24-15-9-6-10-16-24,25-17-11-7-12-18-25)26-19-13-8-14-20-26/h6-20,22-23,28H,21H2,1-5H3,(H,34,38). The van der Waals surface area contributed by atoms with Crippen molar-refractivity contribution in [1.29, 1.82) is 0 Å². The third-order valence-electron chi connectivity index (χ3n) is 6.58. The second-order valence-electron chi connectivity index (χ2n) is 10.5. The van der Waals surface area contributed by atoms with E-state index in [-0.39, 0.29) is 6.42 Å². The molecule has 2 amide bonds. The van der Waals surface area contributed by atoms with Gasteiger partial charge in [-0.25, -0.2) is 14.8 Å². The summed E-state index contributed by atoms with van der Waals surface area (Å²) >= 11 is 0. The molecule has 1 heterocycles. The summed E-state index contributed by atoms with van der Waals surface area (Å²) < 4.78 is 7.48. The van der Waals surface area contributed by atoms with Crippen molar-refractivity contribution in [1.82, 2.24) is 19.9 Å². The molecule has 0 radical (unpaired) electrons. The van der Waals surface area contributed by atoms with Gasteiger partial charge in [0.25, 0.3) is 5.91 Å². The first-order chi connectivity index (χ1) is 19.1. The molecule has 1 aromatic heterocycles. The molecule has 8 nitrogen and oxygen atoms in total. The third kappa shape index (κ3) is 6.24. The van der Waals surface area contributed by atoms with Crippen LogP contribution in [0.3, 0.4) is 0 Å². The van der Waals surface area contributed by atoms with E-state index in [1.807, 2.05) is 60.8 Å². The van der Waals surface area contributed by atoms with Crippen molar-refractivity contribution in [2.45, 2.75) is 44.4 Å². The summed E-state index contributed by atoms with van der Waals surface area (Å²) in [5, 5.41) is 3.78. The Kier molecular flexibility index (Phi) is 8.70. The molecule has 0 aliphatic carbocycles. The fourth-order valence-electron chi connectivity index (χ4n) is 4.81. The number of alkyl carbamates (subject to hydrolysis) is 1. The average Bonchev–Trinajstić information content (AvgIpc) is 3.41. The molecule has 0 saturated heterocycles. The maximum absolute atomic E-state index is 13.1. The smallest absolute Gasteiger partial charge is 0.408 e. The van der Waals surface area contributed by atoms with Gasteiger partial charge in [0.15, 0.2) is 0 Å². The predicted molar refractivity (Wildman–Crippen MR) is 153 cm³/mol. The van der Waals surface area contributed by atoms with Crippen molar-refractivity contribution in [2.24, 2.45) is 0 Å². The zero-order valence-electron chi connectivity index (χ0n) is 23.6. The quantitative estimate of drug-likeness (QED) is 0.234. The number of benzene rings is 3. The Balaban J connectivity index is 1.80. The zero-order chi connectivity index (χ0) is 28.8. The molecule has 0 aliphatic heterocycles. The number of ether oxygens (including phenoxy) is 1. The summed E-state index contributed by atoms with van der Waals surface area (Å²) in [6.07, 6.45) is 3.14. The number of imidazole rings is 1. The van der Waals surface area contributed by atoms with Crippen LogP contribution < -0.4 is 5.32 Å². The lowest BCUT2D eigenvalue weighted by Gasteiger charge is -2.37. The lowest BCUT2D eigenvalue weighted by atomic mass is 9.77. The molecule has 8 heteroatoms. The Hall–Kier alpha value is -4.43. The Morgan fingerprint density at radius 1 is 0.875 bits per heavy atom. The van der Waals surface area contributed by atoms with Crippen LogP contribution in [0, 0.1) is 0 Å². The maximum Gasteiger partial charge on any atom is 0.408 e. The van der Waals surface area contributed by atoms with Crippen molar-refractivity contribution in [3.63, 3.8) is 0 Å². The van der Waals surface area contributed by atoms with Crippen molar-refractivity contribution < 1.29 is 19.2 Å². The molecule has 3 aromatic carbocycles. The molecule has 0 fully saturated rings. The Bertz CT molecular complexity index is 1300. The third-order valence-corrected chi connectivity index (χ3v) is 6.58. The molecule has 0 aliphatic rings. The molecule has 1 N–H and O–H groups in total. The van der Waals surface area contributed by atoms with Gasteiger partial charge in [0, 0.05) is 19.7 Å². The van der Waals surface area contributed by atoms with Crippen molar-refractivity contribution >= 4 is 12.0 Å². The summed E-state index contributed by atoms with van der Waals surface area (Å²) in [6.45, 7) is 5.30. The minimum atomic E-state index is -0.956. The van der Waals surface area contributed by atoms with E-state index >= 15 is 0 Å². The average molecular weight is 541 g/mol. The van der Waals surface area contributed by atoms with E-state index in [4.69, 9.17) is 14.6 Å². The monoisotopic (exact) mass is 540 g/mol. The molecule has 208 valence electrons. The molecule has 0 saturated carbocycles. The van der Waals surface area contributed by atoms with E-state index in [9.17, 15) is 9.59 Å². The van der Waals surface area contributed by atoms with Gasteiger partial charge in [-0.3, -0.25) is 9.63 Å². The molecule has 1 unspecified atom stereocenters. The van der Waals surface area contributed by atoms with Gasteiger partial charge in [-0.2, -0.15) is 0 Å². The number of nitrogens with zero attached hydrogens (tertiary/aromatic N) is 3. The van der Waals surface area contributed by atoms with E-state index in [2.05, 4.69) is 46.3 Å². The number of amides is 2. The molecule has 0 spiro atoms. The van der Waals surface area contributed by atoms with Crippen LogP contribution >= 0.6 is 0 Å². The van der Waals surface area contributed by atoms with E-state index in [0.29, 0.717) is 5.69 Å². The van der Waals surface area contributed by atoms with Gasteiger partial charge in [-0.1, -0.05) is 91.0 Å². The van der Waals surface area contributed by atoms with Gasteiger partial charge in [-0.05, 0) is 37.5 Å². The number of likely N-dealkylation sites (N-methyl/N-ethyl adjacent to an activating group) is 1. The largest absolute Gasteiger partial charge is 0.444 e. The first-order valence-electron chi connectivity index (χ1n) is 13.2. The fraction of sp³-hybridized carbons (Fsp3) is 0.281. The number of rotatable bonds is 9. The number of carbonyl (C=O) groups is 2. The van der Waals surface area contributed by atoms with E-state index < -0.39 is 29.2 Å². The lowest BCUT2D eigenvalue weighted by Crippen LogP contribution is -2.49. The number of hydrogen-bond acceptors (Lipinski definition) is 5. The Morgan fingerprint density at radius 2 is 1.35 bits per heavy atom. The normalized spacial score (nSPS) is 12.4. The Morgan fingerprint density at radius 3 is 1.77 bits per heavy atom. The molecule has 4 rings (SSSR count). The fourth-order valence-corrected chi connectivity index (χ4v) is 4.81. The summed E-state index contributed by atoms with van der Waals surface area (Å²) in [5.74, 6) is -0.427. The SMILES string of the molecule is CON(C)C(=O)C(Cc1cn(C(c2ccccc2)(c2ccccc2)c2ccccc2)cn1)NC(=O)OC(C)(C)C. The van der Waals surface area contributed by atoms with Gasteiger partial charge in [-0.15, -0.1) is 0 Å². The summed E-state index contributed by atoms with van der Waals surface area (Å²) in [6, 6.07) is 29.8. The van der Waals surface area contributed by atoms with Crippen molar-refractivity contribution in [3.05, 3.63) is 126 Å². The van der Waals surface area contributed by atoms with Crippen LogP contribution in [0.25, 0.3) is 0 Å². The second kappa shape index (κ2) is 12.2. The molecular formula is C32H36N4O4. The van der Waals surface area contributed by atoms with Crippen molar-refractivity contribution in [2.75, 3.05) is 14.2 Å². The highest BCUT2D eigenvalue weighted by Crippen LogP contribution is 2.40. The molecule has 1 atom stereocenters. The van der Waals surface area contributed by atoms with Gasteiger partial charge in [0.05, 0.1) is 19.1 Å². The summed E-state index contributed by atoms with van der Waals surface area (Å²) in [5.41, 5.74) is 2.31. The second-order valence-corrected chi connectivity index (χ2v) is 10.5. The number of carbonyl (C=O) groups excluding carboxylic acids is 2. The predicted octanol–water partition coefficient (Wildman–Crippen LogP) is 5.18. The number of hydrogen-bond donors (Lipinski definition) is 1. The highest BCUT2D eigenvalue weighted by Gasteiger charge is 2.38. The van der Waals surface area contributed by atoms with Crippen molar-refractivity contribution in [3.8, 4) is 0 Å². The highest BCUT2D eigenvalue weighted by molar-refractivity contribution is 5.85. The zero-order valence-corrected chi connectivity index (χ0v) is 23.6. The van der Waals surface area contributed by atoms with Crippen LogP contribution in [0.5, 0.6) is 0 Å². The van der Waals surface area contributed by atoms with Crippen LogP contribution in [-0.4, -0.2) is 52.4 Å². The number of nitrogens with one attached hydrogen (secondary N) is 1. The highest BCUT2D eigenvalue weighted by atomic mass is 16.7. The van der Waals surface area contributed by atoms with Crippen LogP contribution in [0.1, 0.15) is 43.2 Å². The first kappa shape index (κ1) is 28.6. The van der Waals surface area contributed by atoms with Crippen LogP contribution in [-0.2, 0) is 26.3 Å². The van der Waals surface area contributed by atoms with Crippen LogP contribution in [0.2, 0.25) is 0 Å². The topological polar surface area (TPSA) is 85.7 Å². The molecule has 0 bridgehead atoms. The van der Waals surface area contributed by atoms with Gasteiger partial charge in [0.2, 0.25) is 0 Å². The lowest BCUT2D eigenvalue weighted by molar-refractivity contribution is -0.171. The van der Waals surface area contributed by atoms with Gasteiger partial charge in [0.1, 0.15) is 17.2 Å². The van der Waals surface area contributed by atoms with E-state index in [1.54, 1.807) is 27.1 Å². The van der Waals surface area contributed by atoms with Gasteiger partial charge >= 0.3 is 6.09 Å². The first-order valence-corrected chi connectivity index (χ1v) is 13.2. The minimum Gasteiger partial charge on any atom is -0.444 e. The van der Waals surface area contributed by atoms with Gasteiger partial charge < -0.3 is 14.6 Å². The summed E-state index contributed by atoms with van der Waals surface area (Å²) in [7, 11) is 2.89. The van der Waals surface area contributed by atoms with E-state index in [0.717, 1.165) is 21.8 Å². The molecule has 4 aromatic rings. The number of aromatic nitrogens is 2. The van der Waals surface area contributed by atoms with Crippen LogP contribution in [0.4, 0.5) is 4.79 Å².